The number of hydrogen-bond acceptors (Lipinski definition) is 6. The van der Waals surface area contributed by atoms with Crippen LogP contribution in [0.15, 0.2) is 55.1 Å². The number of nitrogens with zero attached hydrogens (tertiary/aromatic N) is 5. The van der Waals surface area contributed by atoms with Crippen molar-refractivity contribution >= 4 is 11.0 Å². The summed E-state index contributed by atoms with van der Waals surface area (Å²) in [6.07, 6.45) is 5.92. The maximum Gasteiger partial charge on any atom is 0.116 e. The van der Waals surface area contributed by atoms with Crippen LogP contribution in [0.25, 0.3) is 22.3 Å². The summed E-state index contributed by atoms with van der Waals surface area (Å²) < 4.78 is 0. The smallest absolute Gasteiger partial charge is 0.116 e. The highest BCUT2D eigenvalue weighted by Crippen LogP contribution is 2.23. The Hall–Kier alpha value is -3.16. The number of fused-ring (bicyclic) bond motifs is 1. The van der Waals surface area contributed by atoms with Crippen LogP contribution in [0.5, 0.6) is 0 Å². The largest absolute Gasteiger partial charge is 0.342 e. The van der Waals surface area contributed by atoms with Crippen molar-refractivity contribution in [3.8, 4) is 11.3 Å². The molecule has 1 unspecified atom stereocenters. The molecule has 1 fully saturated rings. The fourth-order valence-corrected chi connectivity index (χ4v) is 4.07. The Morgan fingerprint density at radius 1 is 1.03 bits per heavy atom. The van der Waals surface area contributed by atoms with Crippen LogP contribution in [0.4, 0.5) is 0 Å². The Morgan fingerprint density at radius 2 is 1.93 bits per heavy atom. The highest BCUT2D eigenvalue weighted by atomic mass is 15.2. The van der Waals surface area contributed by atoms with Crippen LogP contribution < -0.4 is 5.32 Å². The van der Waals surface area contributed by atoms with E-state index in [0.29, 0.717) is 12.5 Å². The van der Waals surface area contributed by atoms with Gasteiger partial charge in [-0.05, 0) is 42.8 Å². The van der Waals surface area contributed by atoms with E-state index < -0.39 is 0 Å². The third-order valence-corrected chi connectivity index (χ3v) is 5.78. The van der Waals surface area contributed by atoms with Crippen LogP contribution in [0.3, 0.4) is 0 Å². The predicted octanol–water partition coefficient (Wildman–Crippen LogP) is 2.97. The lowest BCUT2D eigenvalue weighted by Crippen LogP contribution is -2.44. The molecule has 0 bridgehead atoms. The highest BCUT2D eigenvalue weighted by Gasteiger charge is 2.18. The summed E-state index contributed by atoms with van der Waals surface area (Å²) in [5, 5.41) is 3.42. The summed E-state index contributed by atoms with van der Waals surface area (Å²) in [5.41, 5.74) is 6.25. The van der Waals surface area contributed by atoms with E-state index in [1.54, 1.807) is 12.5 Å². The standard InChI is InChI=1S/C23H25N7/c1-16(30-10-8-24-9-11-30)17-4-7-26-19(12-17)14-23-28-21-3-2-18(13-22(21)29-23)20-5-6-25-15-27-20/h2-7,12-13,15-16,24H,8-11,14H2,1H3,(H,28,29). The van der Waals surface area contributed by atoms with Crippen LogP contribution in [-0.4, -0.2) is 56.0 Å². The van der Waals surface area contributed by atoms with Gasteiger partial charge in [0, 0.05) is 62.3 Å². The van der Waals surface area contributed by atoms with Crippen molar-refractivity contribution < 1.29 is 0 Å². The monoisotopic (exact) mass is 399 g/mol. The summed E-state index contributed by atoms with van der Waals surface area (Å²) >= 11 is 0. The van der Waals surface area contributed by atoms with Crippen LogP contribution in [0, 0.1) is 0 Å². The van der Waals surface area contributed by atoms with Gasteiger partial charge >= 0.3 is 0 Å². The van der Waals surface area contributed by atoms with Crippen molar-refractivity contribution in [1.82, 2.24) is 35.1 Å². The summed E-state index contributed by atoms with van der Waals surface area (Å²) in [7, 11) is 0. The van der Waals surface area contributed by atoms with Gasteiger partial charge < -0.3 is 10.3 Å². The van der Waals surface area contributed by atoms with E-state index >= 15 is 0 Å². The molecule has 1 atom stereocenters. The van der Waals surface area contributed by atoms with Gasteiger partial charge in [-0.15, -0.1) is 0 Å². The van der Waals surface area contributed by atoms with E-state index in [4.69, 9.17) is 4.98 Å². The third kappa shape index (κ3) is 3.94. The average Bonchev–Trinajstić information content (AvgIpc) is 3.21. The van der Waals surface area contributed by atoms with Crippen molar-refractivity contribution in [2.24, 2.45) is 0 Å². The van der Waals surface area contributed by atoms with Gasteiger partial charge in [-0.3, -0.25) is 9.88 Å². The summed E-state index contributed by atoms with van der Waals surface area (Å²) in [6, 6.07) is 12.8. The van der Waals surface area contributed by atoms with Crippen molar-refractivity contribution in [3.05, 3.63) is 72.2 Å². The molecule has 0 radical (unpaired) electrons. The number of H-pyrrole nitrogens is 1. The number of imidazole rings is 1. The fourth-order valence-electron chi connectivity index (χ4n) is 4.07. The average molecular weight is 400 g/mol. The minimum absolute atomic E-state index is 0.389. The van der Waals surface area contributed by atoms with Gasteiger partial charge in [0.05, 0.1) is 16.7 Å². The van der Waals surface area contributed by atoms with Gasteiger partial charge in [0.25, 0.3) is 0 Å². The Bertz CT molecular complexity index is 1130. The van der Waals surface area contributed by atoms with Crippen molar-refractivity contribution in [3.63, 3.8) is 0 Å². The molecule has 1 aromatic carbocycles. The minimum atomic E-state index is 0.389. The maximum atomic E-state index is 4.76. The van der Waals surface area contributed by atoms with Crippen LogP contribution >= 0.6 is 0 Å². The van der Waals surface area contributed by atoms with E-state index in [0.717, 1.165) is 60.0 Å². The van der Waals surface area contributed by atoms with Gasteiger partial charge in [0.2, 0.25) is 0 Å². The number of hydrogen-bond donors (Lipinski definition) is 2. The molecule has 5 rings (SSSR count). The molecule has 0 amide bonds. The Labute approximate surface area is 175 Å². The first-order chi connectivity index (χ1) is 14.8. The van der Waals surface area contributed by atoms with E-state index in [1.165, 1.54) is 5.56 Å². The van der Waals surface area contributed by atoms with E-state index in [1.807, 2.05) is 24.4 Å². The van der Waals surface area contributed by atoms with Crippen molar-refractivity contribution in [1.29, 1.82) is 0 Å². The second-order valence-electron chi connectivity index (χ2n) is 7.73. The lowest BCUT2D eigenvalue weighted by atomic mass is 10.1. The maximum absolute atomic E-state index is 4.76. The molecule has 7 heteroatoms. The quantitative estimate of drug-likeness (QED) is 0.537. The lowest BCUT2D eigenvalue weighted by molar-refractivity contribution is 0.185. The first kappa shape index (κ1) is 18.8. The first-order valence-electron chi connectivity index (χ1n) is 10.4. The summed E-state index contributed by atoms with van der Waals surface area (Å²) in [6.45, 7) is 6.55. The number of benzene rings is 1. The van der Waals surface area contributed by atoms with Crippen LogP contribution in [-0.2, 0) is 6.42 Å². The van der Waals surface area contributed by atoms with Gasteiger partial charge in [-0.25, -0.2) is 15.0 Å². The van der Waals surface area contributed by atoms with Crippen LogP contribution in [0.2, 0.25) is 0 Å². The SMILES string of the molecule is CC(c1ccnc(Cc2nc3ccc(-c4ccncn4)cc3[nH]2)c1)N1CCNCC1. The zero-order valence-electron chi connectivity index (χ0n) is 17.0. The fraction of sp³-hybridized carbons (Fsp3) is 0.304. The van der Waals surface area contributed by atoms with Crippen molar-refractivity contribution in [2.75, 3.05) is 26.2 Å². The number of rotatable bonds is 5. The topological polar surface area (TPSA) is 82.6 Å². The molecule has 0 spiro atoms. The van der Waals surface area contributed by atoms with Gasteiger partial charge in [0.15, 0.2) is 0 Å². The molecule has 2 N–H and O–H groups in total. The molecule has 0 saturated carbocycles. The molecular formula is C23H25N7. The second-order valence-corrected chi connectivity index (χ2v) is 7.73. The minimum Gasteiger partial charge on any atom is -0.342 e. The predicted molar refractivity (Wildman–Crippen MR) is 117 cm³/mol. The highest BCUT2D eigenvalue weighted by molar-refractivity contribution is 5.81. The number of aromatic amines is 1. The van der Waals surface area contributed by atoms with E-state index in [2.05, 4.69) is 55.3 Å². The van der Waals surface area contributed by atoms with E-state index in [-0.39, 0.29) is 0 Å². The first-order valence-corrected chi connectivity index (χ1v) is 10.4. The lowest BCUT2D eigenvalue weighted by Gasteiger charge is -2.33. The van der Waals surface area contributed by atoms with Gasteiger partial charge in [-0.1, -0.05) is 6.07 Å². The zero-order valence-corrected chi connectivity index (χ0v) is 17.0. The normalized spacial score (nSPS) is 16.0. The molecule has 1 aliphatic heterocycles. The Balaban J connectivity index is 1.36. The van der Waals surface area contributed by atoms with Crippen molar-refractivity contribution in [2.45, 2.75) is 19.4 Å². The van der Waals surface area contributed by atoms with E-state index in [9.17, 15) is 0 Å². The zero-order chi connectivity index (χ0) is 20.3. The number of piperazine rings is 1. The number of nitrogens with one attached hydrogen (secondary N) is 2. The number of aromatic nitrogens is 5. The third-order valence-electron chi connectivity index (χ3n) is 5.78. The molecule has 4 heterocycles. The Morgan fingerprint density at radius 3 is 2.77 bits per heavy atom. The Kier molecular flexibility index (Phi) is 5.21. The summed E-state index contributed by atoms with van der Waals surface area (Å²) in [4.78, 5) is 23.6. The van der Waals surface area contributed by atoms with Gasteiger partial charge in [-0.2, -0.15) is 0 Å². The van der Waals surface area contributed by atoms with Crippen LogP contribution in [0.1, 0.15) is 30.0 Å². The second kappa shape index (κ2) is 8.30. The molecule has 0 aliphatic carbocycles. The molecule has 1 aliphatic rings. The number of pyridine rings is 1. The molecule has 4 aromatic rings. The molecule has 1 saturated heterocycles. The molecule has 152 valence electrons. The molecule has 30 heavy (non-hydrogen) atoms. The summed E-state index contributed by atoms with van der Waals surface area (Å²) in [5.74, 6) is 0.921. The van der Waals surface area contributed by atoms with Gasteiger partial charge in [0.1, 0.15) is 12.2 Å². The molecular weight excluding hydrogens is 374 g/mol. The molecule has 3 aromatic heterocycles. The molecule has 7 nitrogen and oxygen atoms in total.